The van der Waals surface area contributed by atoms with E-state index in [9.17, 15) is 9.59 Å². The first-order valence-electron chi connectivity index (χ1n) is 9.49. The lowest BCUT2D eigenvalue weighted by Crippen LogP contribution is -2.36. The van der Waals surface area contributed by atoms with E-state index in [-0.39, 0.29) is 17.9 Å². The first-order chi connectivity index (χ1) is 13.9. The van der Waals surface area contributed by atoms with Crippen molar-refractivity contribution in [2.75, 3.05) is 25.7 Å². The smallest absolute Gasteiger partial charge is 0.244 e. The molecule has 1 fully saturated rings. The van der Waals surface area contributed by atoms with Crippen LogP contribution in [-0.4, -0.2) is 38.6 Å². The molecule has 2 amide bonds. The first kappa shape index (κ1) is 20.5. The molecule has 2 aromatic rings. The number of aryl methyl sites for hydroxylation is 2. The van der Waals surface area contributed by atoms with Crippen molar-refractivity contribution in [1.29, 1.82) is 0 Å². The standard InChI is InChI=1S/C23H26N2O4/c1-15-5-8-19(11-16(15)2)25-14-18(13-23(25)27)24-22(26)10-7-17-6-9-20(28-3)21(12-17)29-4/h5-12,18H,13-14H2,1-4H3,(H,24,26)/b10-7-/t18-/m1/s1. The Morgan fingerprint density at radius 3 is 2.52 bits per heavy atom. The lowest BCUT2D eigenvalue weighted by Gasteiger charge is -2.18. The number of nitrogens with zero attached hydrogens (tertiary/aromatic N) is 1. The highest BCUT2D eigenvalue weighted by atomic mass is 16.5. The van der Waals surface area contributed by atoms with Crippen LogP contribution in [0.25, 0.3) is 6.08 Å². The van der Waals surface area contributed by atoms with Crippen LogP contribution >= 0.6 is 0 Å². The molecule has 1 aliphatic heterocycles. The van der Waals surface area contributed by atoms with E-state index in [0.29, 0.717) is 24.5 Å². The van der Waals surface area contributed by atoms with Gasteiger partial charge < -0.3 is 19.7 Å². The summed E-state index contributed by atoms with van der Waals surface area (Å²) in [6.45, 7) is 4.54. The van der Waals surface area contributed by atoms with E-state index in [2.05, 4.69) is 5.32 Å². The quantitative estimate of drug-likeness (QED) is 0.764. The molecule has 1 N–H and O–H groups in total. The normalized spacial score (nSPS) is 16.3. The summed E-state index contributed by atoms with van der Waals surface area (Å²) in [7, 11) is 3.14. The van der Waals surface area contributed by atoms with Gasteiger partial charge in [-0.15, -0.1) is 0 Å². The van der Waals surface area contributed by atoms with E-state index < -0.39 is 0 Å². The second-order valence-electron chi connectivity index (χ2n) is 7.13. The van der Waals surface area contributed by atoms with Crippen molar-refractivity contribution in [2.45, 2.75) is 26.3 Å². The van der Waals surface area contributed by atoms with Gasteiger partial charge in [0.25, 0.3) is 0 Å². The third kappa shape index (κ3) is 4.77. The number of nitrogens with one attached hydrogen (secondary N) is 1. The number of amides is 2. The molecule has 6 nitrogen and oxygen atoms in total. The summed E-state index contributed by atoms with van der Waals surface area (Å²) in [6, 6.07) is 11.2. The fraction of sp³-hybridized carbons (Fsp3) is 0.304. The summed E-state index contributed by atoms with van der Waals surface area (Å²) >= 11 is 0. The number of carbonyl (C=O) groups is 2. The number of benzene rings is 2. The van der Waals surface area contributed by atoms with Crippen LogP contribution in [0, 0.1) is 13.8 Å². The van der Waals surface area contributed by atoms with Crippen molar-refractivity contribution in [3.05, 3.63) is 59.2 Å². The van der Waals surface area contributed by atoms with Crippen molar-refractivity contribution >= 4 is 23.6 Å². The monoisotopic (exact) mass is 394 g/mol. The van der Waals surface area contributed by atoms with Crippen molar-refractivity contribution in [3.63, 3.8) is 0 Å². The Balaban J connectivity index is 1.62. The van der Waals surface area contributed by atoms with Crippen LogP contribution in [0.15, 0.2) is 42.5 Å². The molecule has 0 aliphatic carbocycles. The molecule has 2 aromatic carbocycles. The number of anilines is 1. The largest absolute Gasteiger partial charge is 0.493 e. The topological polar surface area (TPSA) is 67.9 Å². The molecule has 0 radical (unpaired) electrons. The van der Waals surface area contributed by atoms with Gasteiger partial charge in [0, 0.05) is 24.7 Å². The van der Waals surface area contributed by atoms with Crippen LogP contribution in [0.3, 0.4) is 0 Å². The van der Waals surface area contributed by atoms with Gasteiger partial charge in [-0.3, -0.25) is 9.59 Å². The van der Waals surface area contributed by atoms with Gasteiger partial charge in [-0.05, 0) is 60.9 Å². The minimum atomic E-state index is -0.237. The van der Waals surface area contributed by atoms with Crippen LogP contribution in [-0.2, 0) is 9.59 Å². The number of rotatable bonds is 6. The van der Waals surface area contributed by atoms with E-state index in [0.717, 1.165) is 16.8 Å². The molecule has 1 atom stereocenters. The zero-order chi connectivity index (χ0) is 21.0. The molecule has 1 saturated heterocycles. The summed E-state index contributed by atoms with van der Waals surface area (Å²) in [6.07, 6.45) is 3.46. The number of hydrogen-bond acceptors (Lipinski definition) is 4. The van der Waals surface area contributed by atoms with Gasteiger partial charge in [-0.1, -0.05) is 12.1 Å². The van der Waals surface area contributed by atoms with Gasteiger partial charge >= 0.3 is 0 Å². The molecule has 1 aliphatic rings. The number of carbonyl (C=O) groups excluding carboxylic acids is 2. The molecular formula is C23H26N2O4. The fourth-order valence-corrected chi connectivity index (χ4v) is 3.32. The van der Waals surface area contributed by atoms with Crippen LogP contribution in [0.5, 0.6) is 11.5 Å². The van der Waals surface area contributed by atoms with Gasteiger partial charge in [0.1, 0.15) is 0 Å². The Morgan fingerprint density at radius 2 is 1.83 bits per heavy atom. The number of hydrogen-bond donors (Lipinski definition) is 1. The average Bonchev–Trinajstić information content (AvgIpc) is 3.08. The molecule has 0 aromatic heterocycles. The van der Waals surface area contributed by atoms with Gasteiger partial charge in [-0.25, -0.2) is 0 Å². The highest BCUT2D eigenvalue weighted by Crippen LogP contribution is 2.28. The molecule has 0 spiro atoms. The highest BCUT2D eigenvalue weighted by molar-refractivity contribution is 5.98. The third-order valence-electron chi connectivity index (χ3n) is 5.11. The van der Waals surface area contributed by atoms with E-state index in [1.165, 1.54) is 11.6 Å². The van der Waals surface area contributed by atoms with Gasteiger partial charge in [0.2, 0.25) is 11.8 Å². The van der Waals surface area contributed by atoms with E-state index in [4.69, 9.17) is 9.47 Å². The first-order valence-corrected chi connectivity index (χ1v) is 9.49. The lowest BCUT2D eigenvalue weighted by atomic mass is 10.1. The Hall–Kier alpha value is -3.28. The van der Waals surface area contributed by atoms with Gasteiger partial charge in [-0.2, -0.15) is 0 Å². The molecule has 29 heavy (non-hydrogen) atoms. The van der Waals surface area contributed by atoms with E-state index >= 15 is 0 Å². The second-order valence-corrected chi connectivity index (χ2v) is 7.13. The van der Waals surface area contributed by atoms with Crippen LogP contribution in [0.4, 0.5) is 5.69 Å². The van der Waals surface area contributed by atoms with E-state index in [1.807, 2.05) is 38.1 Å². The number of methoxy groups -OCH3 is 2. The molecule has 0 unspecified atom stereocenters. The Bertz CT molecular complexity index is 952. The Morgan fingerprint density at radius 1 is 1.07 bits per heavy atom. The minimum absolute atomic E-state index is 0.0161. The summed E-state index contributed by atoms with van der Waals surface area (Å²) < 4.78 is 10.5. The van der Waals surface area contributed by atoms with Crippen molar-refractivity contribution in [1.82, 2.24) is 5.32 Å². The molecule has 3 rings (SSSR count). The molecule has 152 valence electrons. The second kappa shape index (κ2) is 8.82. The van der Waals surface area contributed by atoms with Crippen LogP contribution in [0.2, 0.25) is 0 Å². The van der Waals surface area contributed by atoms with Crippen molar-refractivity contribution < 1.29 is 19.1 Å². The average molecular weight is 394 g/mol. The summed E-state index contributed by atoms with van der Waals surface area (Å²) in [5, 5.41) is 2.91. The number of ether oxygens (including phenoxy) is 2. The summed E-state index contributed by atoms with van der Waals surface area (Å²) in [5.41, 5.74) is 4.01. The highest BCUT2D eigenvalue weighted by Gasteiger charge is 2.31. The summed E-state index contributed by atoms with van der Waals surface area (Å²) in [5.74, 6) is 1.01. The minimum Gasteiger partial charge on any atom is -0.493 e. The predicted octanol–water partition coefficient (Wildman–Crippen LogP) is 3.26. The maximum atomic E-state index is 12.4. The Labute approximate surface area is 171 Å². The SMILES string of the molecule is COc1ccc(/C=C\C(=O)N[C@@H]2CC(=O)N(c3ccc(C)c(C)c3)C2)cc1OC. The molecule has 0 bridgehead atoms. The fourth-order valence-electron chi connectivity index (χ4n) is 3.32. The molecule has 6 heteroatoms. The zero-order valence-electron chi connectivity index (χ0n) is 17.2. The van der Waals surface area contributed by atoms with Crippen molar-refractivity contribution in [2.24, 2.45) is 0 Å². The maximum absolute atomic E-state index is 12.4. The van der Waals surface area contributed by atoms with Gasteiger partial charge in [0.15, 0.2) is 11.5 Å². The van der Waals surface area contributed by atoms with Crippen LogP contribution in [0.1, 0.15) is 23.1 Å². The summed E-state index contributed by atoms with van der Waals surface area (Å²) in [4.78, 5) is 26.5. The Kier molecular flexibility index (Phi) is 6.22. The van der Waals surface area contributed by atoms with E-state index in [1.54, 1.807) is 37.3 Å². The van der Waals surface area contributed by atoms with Gasteiger partial charge in [0.05, 0.1) is 20.3 Å². The van der Waals surface area contributed by atoms with Crippen molar-refractivity contribution in [3.8, 4) is 11.5 Å². The maximum Gasteiger partial charge on any atom is 0.244 e. The molecular weight excluding hydrogens is 368 g/mol. The molecule has 0 saturated carbocycles. The third-order valence-corrected chi connectivity index (χ3v) is 5.11. The zero-order valence-corrected chi connectivity index (χ0v) is 17.2. The van der Waals surface area contributed by atoms with Crippen LogP contribution < -0.4 is 19.7 Å². The molecule has 1 heterocycles. The lowest BCUT2D eigenvalue weighted by molar-refractivity contribution is -0.117. The predicted molar refractivity (Wildman–Crippen MR) is 113 cm³/mol.